The van der Waals surface area contributed by atoms with Crippen LogP contribution in [0.25, 0.3) is 11.1 Å². The van der Waals surface area contributed by atoms with Crippen molar-refractivity contribution < 1.29 is 9.13 Å². The Kier molecular flexibility index (Phi) is 3.00. The van der Waals surface area contributed by atoms with E-state index in [1.54, 1.807) is 24.3 Å². The van der Waals surface area contributed by atoms with Gasteiger partial charge in [0.1, 0.15) is 0 Å². The summed E-state index contributed by atoms with van der Waals surface area (Å²) in [5.74, 6) is -0.123. The second kappa shape index (κ2) is 4.45. The third-order valence-electron chi connectivity index (χ3n) is 2.59. The average molecular weight is 231 g/mol. The molecule has 0 saturated heterocycles. The van der Waals surface area contributed by atoms with Gasteiger partial charge in [-0.15, -0.1) is 0 Å². The van der Waals surface area contributed by atoms with Gasteiger partial charge in [0, 0.05) is 11.3 Å². The van der Waals surface area contributed by atoms with Crippen LogP contribution in [0.15, 0.2) is 36.4 Å². The smallest absolute Gasteiger partial charge is 0.172 e. The minimum Gasteiger partial charge on any atom is -0.494 e. The molecule has 3 heteroatoms. The minimum absolute atomic E-state index is 0.238. The van der Waals surface area contributed by atoms with Crippen LogP contribution in [0.2, 0.25) is 0 Å². The number of hydrogen-bond donors (Lipinski definition) is 1. The first-order valence-corrected chi connectivity index (χ1v) is 5.32. The molecule has 0 heterocycles. The van der Waals surface area contributed by atoms with Crippen molar-refractivity contribution in [2.24, 2.45) is 0 Å². The van der Waals surface area contributed by atoms with Gasteiger partial charge in [-0.2, -0.15) is 0 Å². The molecule has 0 aliphatic heterocycles. The Morgan fingerprint density at radius 2 is 1.94 bits per heavy atom. The summed E-state index contributed by atoms with van der Waals surface area (Å²) in [6, 6.07) is 10.6. The number of nitrogens with two attached hydrogens (primary N) is 1. The number of rotatable bonds is 2. The normalized spacial score (nSPS) is 10.3. The Morgan fingerprint density at radius 1 is 1.18 bits per heavy atom. The number of aryl methyl sites for hydroxylation is 1. The molecule has 0 bridgehead atoms. The van der Waals surface area contributed by atoms with Crippen molar-refractivity contribution in [2.75, 3.05) is 12.8 Å². The number of ether oxygens (including phenoxy) is 1. The highest BCUT2D eigenvalue weighted by Gasteiger charge is 2.10. The van der Waals surface area contributed by atoms with Gasteiger partial charge in [0.15, 0.2) is 11.6 Å². The summed E-state index contributed by atoms with van der Waals surface area (Å²) >= 11 is 0. The van der Waals surface area contributed by atoms with Crippen molar-refractivity contribution in [3.05, 3.63) is 47.8 Å². The van der Waals surface area contributed by atoms with E-state index >= 15 is 0 Å². The van der Waals surface area contributed by atoms with E-state index in [0.29, 0.717) is 11.3 Å². The number of halogens is 1. The summed E-state index contributed by atoms with van der Waals surface area (Å²) in [5.41, 5.74) is 8.66. The van der Waals surface area contributed by atoms with Crippen LogP contribution < -0.4 is 10.5 Å². The molecular formula is C14H14FNO. The van der Waals surface area contributed by atoms with Gasteiger partial charge in [-0.25, -0.2) is 4.39 Å². The van der Waals surface area contributed by atoms with E-state index < -0.39 is 0 Å². The molecule has 0 amide bonds. The van der Waals surface area contributed by atoms with Crippen molar-refractivity contribution >= 4 is 5.69 Å². The quantitative estimate of drug-likeness (QED) is 0.804. The van der Waals surface area contributed by atoms with Gasteiger partial charge in [-0.05, 0) is 36.2 Å². The molecule has 2 rings (SSSR count). The molecule has 0 radical (unpaired) electrons. The standard InChI is InChI=1S/C14H14FNO/c1-9-6-10(8-11(16)7-9)12-4-3-5-13(17-2)14(12)15/h3-8H,16H2,1-2H3. The van der Waals surface area contributed by atoms with E-state index in [0.717, 1.165) is 11.1 Å². The van der Waals surface area contributed by atoms with E-state index in [2.05, 4.69) is 0 Å². The summed E-state index contributed by atoms with van der Waals surface area (Å²) in [5, 5.41) is 0. The van der Waals surface area contributed by atoms with Crippen LogP contribution in [0, 0.1) is 12.7 Å². The number of benzene rings is 2. The van der Waals surface area contributed by atoms with Crippen LogP contribution >= 0.6 is 0 Å². The predicted molar refractivity (Wildman–Crippen MR) is 67.5 cm³/mol. The van der Waals surface area contributed by atoms with Crippen molar-refractivity contribution in [2.45, 2.75) is 6.92 Å². The third-order valence-corrected chi connectivity index (χ3v) is 2.59. The highest BCUT2D eigenvalue weighted by atomic mass is 19.1. The molecule has 0 atom stereocenters. The zero-order valence-corrected chi connectivity index (χ0v) is 9.83. The minimum atomic E-state index is -0.361. The fourth-order valence-electron chi connectivity index (χ4n) is 1.86. The first kappa shape index (κ1) is 11.5. The van der Waals surface area contributed by atoms with Crippen LogP contribution in [0.3, 0.4) is 0 Å². The van der Waals surface area contributed by atoms with Crippen molar-refractivity contribution in [1.29, 1.82) is 0 Å². The Balaban J connectivity index is 2.60. The third kappa shape index (κ3) is 2.23. The van der Waals surface area contributed by atoms with Crippen molar-refractivity contribution in [1.82, 2.24) is 0 Å². The number of hydrogen-bond acceptors (Lipinski definition) is 2. The molecule has 2 nitrogen and oxygen atoms in total. The molecule has 88 valence electrons. The van der Waals surface area contributed by atoms with Crippen LogP contribution in [-0.2, 0) is 0 Å². The Hall–Kier alpha value is -2.03. The number of nitrogen functional groups attached to an aromatic ring is 1. The molecule has 0 unspecified atom stereocenters. The van der Waals surface area contributed by atoms with E-state index in [9.17, 15) is 4.39 Å². The Bertz CT molecular complexity index is 532. The summed E-state index contributed by atoms with van der Waals surface area (Å²) in [6.07, 6.45) is 0. The van der Waals surface area contributed by atoms with Crippen LogP contribution in [0.1, 0.15) is 5.56 Å². The average Bonchev–Trinajstić information content (AvgIpc) is 2.28. The lowest BCUT2D eigenvalue weighted by atomic mass is 10.0. The fraction of sp³-hybridized carbons (Fsp3) is 0.143. The highest BCUT2D eigenvalue weighted by Crippen LogP contribution is 2.30. The van der Waals surface area contributed by atoms with Gasteiger partial charge in [0.2, 0.25) is 0 Å². The Morgan fingerprint density at radius 3 is 2.59 bits per heavy atom. The van der Waals surface area contributed by atoms with Crippen molar-refractivity contribution in [3.8, 4) is 16.9 Å². The van der Waals surface area contributed by atoms with E-state index in [1.165, 1.54) is 7.11 Å². The molecule has 0 fully saturated rings. The lowest BCUT2D eigenvalue weighted by molar-refractivity contribution is 0.387. The fourth-order valence-corrected chi connectivity index (χ4v) is 1.86. The summed E-state index contributed by atoms with van der Waals surface area (Å²) in [7, 11) is 1.45. The molecule has 17 heavy (non-hydrogen) atoms. The van der Waals surface area contributed by atoms with Gasteiger partial charge < -0.3 is 10.5 Å². The Labute approximate surface area is 99.8 Å². The first-order chi connectivity index (χ1) is 8.11. The maximum absolute atomic E-state index is 14.1. The molecule has 0 aromatic heterocycles. The second-order valence-corrected chi connectivity index (χ2v) is 3.95. The van der Waals surface area contributed by atoms with Gasteiger partial charge in [-0.3, -0.25) is 0 Å². The first-order valence-electron chi connectivity index (χ1n) is 5.32. The SMILES string of the molecule is COc1cccc(-c2cc(C)cc(N)c2)c1F. The van der Waals surface area contributed by atoms with Crippen LogP contribution in [-0.4, -0.2) is 7.11 Å². The topological polar surface area (TPSA) is 35.2 Å². The zero-order valence-electron chi connectivity index (χ0n) is 9.83. The summed E-state index contributed by atoms with van der Waals surface area (Å²) in [4.78, 5) is 0. The van der Waals surface area contributed by atoms with E-state index in [1.807, 2.05) is 19.1 Å². The molecular weight excluding hydrogens is 217 g/mol. The largest absolute Gasteiger partial charge is 0.494 e. The lowest BCUT2D eigenvalue weighted by Crippen LogP contribution is -1.93. The monoisotopic (exact) mass is 231 g/mol. The summed E-state index contributed by atoms with van der Waals surface area (Å²) < 4.78 is 19.0. The van der Waals surface area contributed by atoms with Gasteiger partial charge in [0.25, 0.3) is 0 Å². The zero-order chi connectivity index (χ0) is 12.4. The highest BCUT2D eigenvalue weighted by molar-refractivity contribution is 5.70. The molecule has 2 aromatic carbocycles. The molecule has 0 saturated carbocycles. The maximum Gasteiger partial charge on any atom is 0.172 e. The van der Waals surface area contributed by atoms with E-state index in [-0.39, 0.29) is 11.6 Å². The van der Waals surface area contributed by atoms with Crippen molar-refractivity contribution in [3.63, 3.8) is 0 Å². The van der Waals surface area contributed by atoms with Gasteiger partial charge in [0.05, 0.1) is 7.11 Å². The number of methoxy groups -OCH3 is 1. The maximum atomic E-state index is 14.1. The van der Waals surface area contributed by atoms with Gasteiger partial charge >= 0.3 is 0 Å². The lowest BCUT2D eigenvalue weighted by Gasteiger charge is -2.09. The van der Waals surface area contributed by atoms with E-state index in [4.69, 9.17) is 10.5 Å². The predicted octanol–water partition coefficient (Wildman–Crippen LogP) is 3.39. The molecule has 0 aliphatic rings. The molecule has 0 spiro atoms. The van der Waals surface area contributed by atoms with Crippen LogP contribution in [0.5, 0.6) is 5.75 Å². The number of anilines is 1. The van der Waals surface area contributed by atoms with Gasteiger partial charge in [-0.1, -0.05) is 18.2 Å². The van der Waals surface area contributed by atoms with Crippen LogP contribution in [0.4, 0.5) is 10.1 Å². The molecule has 0 aliphatic carbocycles. The summed E-state index contributed by atoms with van der Waals surface area (Å²) in [6.45, 7) is 1.93. The molecule has 2 aromatic rings. The second-order valence-electron chi connectivity index (χ2n) is 3.95. The molecule has 2 N–H and O–H groups in total.